The van der Waals surface area contributed by atoms with E-state index in [0.717, 1.165) is 6.33 Å². The first-order valence-corrected chi connectivity index (χ1v) is 4.56. The second kappa shape index (κ2) is 5.13. The summed E-state index contributed by atoms with van der Waals surface area (Å²) in [6.45, 7) is -2.15. The zero-order chi connectivity index (χ0) is 12.2. The maximum atomic E-state index is 12.7. The monoisotopic (exact) mass is 251 g/mol. The van der Waals surface area contributed by atoms with Crippen molar-refractivity contribution < 1.29 is 18.7 Å². The third-order valence-corrected chi connectivity index (χ3v) is 2.00. The molecule has 0 fully saturated rings. The number of aldehydes is 1. The van der Waals surface area contributed by atoms with Crippen molar-refractivity contribution in [3.63, 3.8) is 0 Å². The van der Waals surface area contributed by atoms with E-state index in [1.54, 1.807) is 0 Å². The first kappa shape index (κ1) is 12.7. The fourth-order valence-corrected chi connectivity index (χ4v) is 1.07. The Morgan fingerprint density at radius 1 is 1.56 bits per heavy atom. The van der Waals surface area contributed by atoms with Crippen LogP contribution in [0.4, 0.5) is 14.6 Å². The number of hydrogen-bond acceptors (Lipinski definition) is 5. The number of anilines is 1. The molecule has 1 aromatic rings. The molecule has 1 aromatic heterocycles. The molecular weight excluding hydrogens is 244 g/mol. The number of nitrogens with one attached hydrogen (secondary N) is 1. The minimum Gasteiger partial charge on any atom is -0.390 e. The molecule has 5 nitrogen and oxygen atoms in total. The van der Waals surface area contributed by atoms with E-state index in [2.05, 4.69) is 15.3 Å². The van der Waals surface area contributed by atoms with Crippen molar-refractivity contribution >= 4 is 23.7 Å². The van der Waals surface area contributed by atoms with Crippen LogP contribution >= 0.6 is 11.6 Å². The van der Waals surface area contributed by atoms with Crippen molar-refractivity contribution in [3.8, 4) is 0 Å². The smallest absolute Gasteiger partial charge is 0.287 e. The van der Waals surface area contributed by atoms with Crippen LogP contribution in [0.25, 0.3) is 0 Å². The summed E-state index contributed by atoms with van der Waals surface area (Å²) in [5.41, 5.74) is -0.0992. The van der Waals surface area contributed by atoms with Crippen molar-refractivity contribution in [2.75, 3.05) is 18.5 Å². The first-order valence-electron chi connectivity index (χ1n) is 4.18. The first-order chi connectivity index (χ1) is 7.50. The minimum absolute atomic E-state index is 0.0943. The van der Waals surface area contributed by atoms with Crippen molar-refractivity contribution in [1.29, 1.82) is 0 Å². The lowest BCUT2D eigenvalue weighted by molar-refractivity contribution is -0.0373. The van der Waals surface area contributed by atoms with E-state index >= 15 is 0 Å². The number of rotatable bonds is 5. The summed E-state index contributed by atoms with van der Waals surface area (Å²) in [6.07, 6.45) is 1.40. The molecule has 0 amide bonds. The van der Waals surface area contributed by atoms with Gasteiger partial charge in [0.1, 0.15) is 23.9 Å². The predicted octanol–water partition coefficient (Wildman–Crippen LogP) is 0.982. The van der Waals surface area contributed by atoms with Crippen LogP contribution in [0.1, 0.15) is 10.4 Å². The molecule has 0 bridgehead atoms. The molecule has 0 aliphatic heterocycles. The Balaban J connectivity index is 2.82. The van der Waals surface area contributed by atoms with Crippen LogP contribution in [0.2, 0.25) is 5.15 Å². The van der Waals surface area contributed by atoms with Gasteiger partial charge in [-0.2, -0.15) is 0 Å². The van der Waals surface area contributed by atoms with Crippen LogP contribution in [-0.2, 0) is 0 Å². The molecule has 0 saturated heterocycles. The van der Waals surface area contributed by atoms with E-state index in [1.165, 1.54) is 0 Å². The van der Waals surface area contributed by atoms with Crippen molar-refractivity contribution in [3.05, 3.63) is 17.0 Å². The molecule has 16 heavy (non-hydrogen) atoms. The maximum absolute atomic E-state index is 12.7. The van der Waals surface area contributed by atoms with Gasteiger partial charge >= 0.3 is 0 Å². The summed E-state index contributed by atoms with van der Waals surface area (Å²) >= 11 is 5.55. The number of halogens is 3. The quantitative estimate of drug-likeness (QED) is 0.603. The molecule has 1 heterocycles. The van der Waals surface area contributed by atoms with Crippen molar-refractivity contribution in [2.24, 2.45) is 0 Å². The predicted molar refractivity (Wildman–Crippen MR) is 53.0 cm³/mol. The van der Waals surface area contributed by atoms with E-state index in [-0.39, 0.29) is 16.5 Å². The Kier molecular flexibility index (Phi) is 4.08. The summed E-state index contributed by atoms with van der Waals surface area (Å²) in [6, 6.07) is 0. The Morgan fingerprint density at radius 3 is 2.81 bits per heavy atom. The number of aliphatic hydroxyl groups excluding tert-OH is 1. The van der Waals surface area contributed by atoms with Gasteiger partial charge in [0.15, 0.2) is 6.29 Å². The molecule has 8 heteroatoms. The lowest BCUT2D eigenvalue weighted by Gasteiger charge is -2.15. The van der Waals surface area contributed by atoms with Crippen molar-refractivity contribution in [1.82, 2.24) is 9.97 Å². The molecule has 0 aromatic carbocycles. The average Bonchev–Trinajstić information content (AvgIpc) is 2.26. The van der Waals surface area contributed by atoms with E-state index in [4.69, 9.17) is 16.7 Å². The zero-order valence-electron chi connectivity index (χ0n) is 7.95. The largest absolute Gasteiger partial charge is 0.390 e. The van der Waals surface area contributed by atoms with Gasteiger partial charge < -0.3 is 10.4 Å². The second-order valence-corrected chi connectivity index (χ2v) is 3.27. The highest BCUT2D eigenvalue weighted by atomic mass is 35.5. The van der Waals surface area contributed by atoms with E-state index in [1.807, 2.05) is 0 Å². The maximum Gasteiger partial charge on any atom is 0.287 e. The fraction of sp³-hybridized carbons (Fsp3) is 0.375. The van der Waals surface area contributed by atoms with Gasteiger partial charge in [-0.3, -0.25) is 4.79 Å². The summed E-state index contributed by atoms with van der Waals surface area (Å²) in [7, 11) is 0. The SMILES string of the molecule is O=Cc1c(Cl)ncnc1NCC(F)(F)CO. The van der Waals surface area contributed by atoms with Gasteiger partial charge in [-0.25, -0.2) is 18.7 Å². The molecule has 0 saturated carbocycles. The van der Waals surface area contributed by atoms with Crippen LogP contribution in [0, 0.1) is 0 Å². The lowest BCUT2D eigenvalue weighted by Crippen LogP contribution is -2.31. The van der Waals surface area contributed by atoms with Crippen LogP contribution < -0.4 is 5.32 Å². The third kappa shape index (κ3) is 3.07. The summed E-state index contributed by atoms with van der Waals surface area (Å²) < 4.78 is 25.4. The minimum atomic E-state index is -3.29. The summed E-state index contributed by atoms with van der Waals surface area (Å²) in [5.74, 6) is -3.39. The standard InChI is InChI=1S/C8H8ClF2N3O2/c9-6-5(1-15)7(14-4-13-6)12-2-8(10,11)3-16/h1,4,16H,2-3H2,(H,12,13,14). The van der Waals surface area contributed by atoms with Gasteiger partial charge in [0, 0.05) is 0 Å². The fourth-order valence-electron chi connectivity index (χ4n) is 0.888. The normalized spacial score (nSPS) is 11.2. The number of hydrogen-bond donors (Lipinski definition) is 2. The van der Waals surface area contributed by atoms with Gasteiger partial charge in [0.2, 0.25) is 0 Å². The van der Waals surface area contributed by atoms with Gasteiger partial charge in [-0.05, 0) is 0 Å². The van der Waals surface area contributed by atoms with Gasteiger partial charge in [0.25, 0.3) is 5.92 Å². The molecule has 0 aliphatic carbocycles. The lowest BCUT2D eigenvalue weighted by atomic mass is 10.3. The average molecular weight is 252 g/mol. The van der Waals surface area contributed by atoms with Crippen LogP contribution in [-0.4, -0.2) is 40.4 Å². The molecular formula is C8H8ClF2N3O2. The number of carbonyl (C=O) groups excluding carboxylic acids is 1. The number of nitrogens with zero attached hydrogens (tertiary/aromatic N) is 2. The van der Waals surface area contributed by atoms with E-state index in [0.29, 0.717) is 6.29 Å². The summed E-state index contributed by atoms with van der Waals surface area (Å²) in [4.78, 5) is 17.7. The highest BCUT2D eigenvalue weighted by Crippen LogP contribution is 2.19. The molecule has 0 unspecified atom stereocenters. The Bertz CT molecular complexity index is 390. The zero-order valence-corrected chi connectivity index (χ0v) is 8.71. The molecule has 0 radical (unpaired) electrons. The van der Waals surface area contributed by atoms with E-state index in [9.17, 15) is 13.6 Å². The number of aliphatic hydroxyl groups is 1. The molecule has 1 rings (SSSR count). The highest BCUT2D eigenvalue weighted by molar-refractivity contribution is 6.32. The topological polar surface area (TPSA) is 75.1 Å². The van der Waals surface area contributed by atoms with E-state index < -0.39 is 19.1 Å². The Labute approximate surface area is 94.5 Å². The summed E-state index contributed by atoms with van der Waals surface area (Å²) in [5, 5.41) is 10.4. The van der Waals surface area contributed by atoms with Gasteiger partial charge in [-0.1, -0.05) is 11.6 Å². The molecule has 0 aliphatic rings. The molecule has 2 N–H and O–H groups in total. The molecule has 0 atom stereocenters. The number of aromatic nitrogens is 2. The van der Waals surface area contributed by atoms with Crippen LogP contribution in [0.15, 0.2) is 6.33 Å². The molecule has 88 valence electrons. The Morgan fingerprint density at radius 2 is 2.25 bits per heavy atom. The Hall–Kier alpha value is -1.34. The van der Waals surface area contributed by atoms with Crippen LogP contribution in [0.3, 0.4) is 0 Å². The number of carbonyl (C=O) groups is 1. The second-order valence-electron chi connectivity index (χ2n) is 2.91. The molecule has 0 spiro atoms. The van der Waals surface area contributed by atoms with Crippen molar-refractivity contribution in [2.45, 2.75) is 5.92 Å². The van der Waals surface area contributed by atoms with Gasteiger partial charge in [-0.15, -0.1) is 0 Å². The number of alkyl halides is 2. The highest BCUT2D eigenvalue weighted by Gasteiger charge is 2.28. The third-order valence-electron chi connectivity index (χ3n) is 1.70. The van der Waals surface area contributed by atoms with Crippen LogP contribution in [0.5, 0.6) is 0 Å². The van der Waals surface area contributed by atoms with Gasteiger partial charge in [0.05, 0.1) is 12.1 Å².